The van der Waals surface area contributed by atoms with Gasteiger partial charge in [-0.2, -0.15) is 0 Å². The van der Waals surface area contributed by atoms with Crippen molar-refractivity contribution in [3.63, 3.8) is 0 Å². The average molecular weight is 512 g/mol. The van der Waals surface area contributed by atoms with Crippen molar-refractivity contribution in [2.45, 2.75) is 0 Å². The fourth-order valence-corrected chi connectivity index (χ4v) is 6.05. The van der Waals surface area contributed by atoms with Gasteiger partial charge < -0.3 is 4.42 Å². The molecule has 0 aliphatic rings. The topological polar surface area (TPSA) is 38.9 Å². The molecule has 0 spiro atoms. The third kappa shape index (κ3) is 3.28. The first kappa shape index (κ1) is 15.5. The molecule has 0 atom stereocenters. The van der Waals surface area contributed by atoms with E-state index in [0.717, 1.165) is 44.5 Å². The van der Waals surface area contributed by atoms with Gasteiger partial charge in [-0.3, -0.25) is 0 Å². The number of hydrogen-bond donors (Lipinski definition) is 0. The normalized spacial score (nSPS) is 14.3. The third-order valence-electron chi connectivity index (χ3n) is 6.71. The smallest absolute Gasteiger partial charge is 0.180 e. The molecule has 0 amide bonds. The van der Waals surface area contributed by atoms with E-state index in [0.29, 0.717) is 31.8 Å². The first-order valence-electron chi connectivity index (χ1n) is 15.5. The lowest BCUT2D eigenvalue weighted by Crippen LogP contribution is -1.88. The van der Waals surface area contributed by atoms with Gasteiger partial charge >= 0.3 is 0 Å². The third-order valence-corrected chi connectivity index (χ3v) is 7.84. The number of rotatable bonds is 3. The van der Waals surface area contributed by atoms with Crippen LogP contribution in [0.3, 0.4) is 0 Å². The lowest BCUT2D eigenvalue weighted by Gasteiger charge is -2.09. The Kier molecular flexibility index (Phi) is 3.40. The van der Waals surface area contributed by atoms with E-state index in [4.69, 9.17) is 14.0 Å². The molecule has 0 saturated carbocycles. The van der Waals surface area contributed by atoms with E-state index in [1.165, 1.54) is 6.33 Å². The van der Waals surface area contributed by atoms with Gasteiger partial charge in [0.2, 0.25) is 0 Å². The molecule has 0 saturated heterocycles. The quantitative estimate of drug-likeness (QED) is 0.237. The molecule has 0 bridgehead atoms. The van der Waals surface area contributed by atoms with Crippen molar-refractivity contribution >= 4 is 53.6 Å². The van der Waals surface area contributed by atoms with Crippen LogP contribution < -0.4 is 0 Å². The molecule has 5 aromatic carbocycles. The van der Waals surface area contributed by atoms with E-state index in [9.17, 15) is 0 Å². The van der Waals surface area contributed by atoms with Crippen LogP contribution in [0, 0.1) is 0 Å². The van der Waals surface area contributed by atoms with E-state index < -0.39 is 0 Å². The van der Waals surface area contributed by atoms with Gasteiger partial charge in [-0.05, 0) is 52.6 Å². The van der Waals surface area contributed by atoms with Crippen molar-refractivity contribution in [1.29, 1.82) is 0 Å². The molecule has 3 aromatic heterocycles. The van der Waals surface area contributed by atoms with Crippen LogP contribution in [0.2, 0.25) is 0 Å². The van der Waals surface area contributed by atoms with Gasteiger partial charge in [-0.15, -0.1) is 11.3 Å². The molecular formula is C34H20N2OS. The summed E-state index contributed by atoms with van der Waals surface area (Å²) in [5.74, 6) is 0. The Bertz CT molecular complexity index is 2540. The summed E-state index contributed by atoms with van der Waals surface area (Å²) in [4.78, 5) is 9.03. The van der Waals surface area contributed by atoms with Crippen molar-refractivity contribution in [3.05, 3.63) is 121 Å². The number of fused-ring (bicyclic) bond motifs is 6. The van der Waals surface area contributed by atoms with Gasteiger partial charge in [0.15, 0.2) is 5.58 Å². The zero-order valence-electron chi connectivity index (χ0n) is 26.7. The van der Waals surface area contributed by atoms with Gasteiger partial charge in [-0.25, -0.2) is 9.97 Å². The van der Waals surface area contributed by atoms with Crippen molar-refractivity contribution in [2.24, 2.45) is 0 Å². The Labute approximate surface area is 232 Å². The molecular weight excluding hydrogens is 484 g/mol. The predicted octanol–water partition coefficient (Wildman–Crippen LogP) is 9.74. The highest BCUT2D eigenvalue weighted by molar-refractivity contribution is 7.26. The highest BCUT2D eigenvalue weighted by Gasteiger charge is 2.15. The summed E-state index contributed by atoms with van der Waals surface area (Å²) in [6.07, 6.45) is 1.53. The first-order valence-corrected chi connectivity index (χ1v) is 12.8. The molecule has 3 heterocycles. The van der Waals surface area contributed by atoms with Crippen molar-refractivity contribution in [2.75, 3.05) is 0 Å². The molecule has 0 aliphatic heterocycles. The molecule has 4 heteroatoms. The second-order valence-electron chi connectivity index (χ2n) is 8.92. The van der Waals surface area contributed by atoms with Crippen molar-refractivity contribution in [1.82, 2.24) is 9.97 Å². The fraction of sp³-hybridized carbons (Fsp3) is 0. The van der Waals surface area contributed by atoms with Crippen LogP contribution >= 0.6 is 11.3 Å². The maximum atomic E-state index is 8.87. The average Bonchev–Trinajstić information content (AvgIpc) is 3.65. The summed E-state index contributed by atoms with van der Waals surface area (Å²) in [7, 11) is 0. The fourth-order valence-electron chi connectivity index (χ4n) is 4.96. The van der Waals surface area contributed by atoms with Gasteiger partial charge in [-0.1, -0.05) is 84.8 Å². The zero-order valence-corrected chi connectivity index (χ0v) is 20.5. The van der Waals surface area contributed by atoms with Crippen LogP contribution in [0.5, 0.6) is 0 Å². The van der Waals surface area contributed by atoms with Crippen LogP contribution in [0.15, 0.2) is 126 Å². The minimum absolute atomic E-state index is 0.131. The molecule has 8 aromatic rings. The maximum Gasteiger partial charge on any atom is 0.180 e. The molecule has 178 valence electrons. The molecule has 38 heavy (non-hydrogen) atoms. The van der Waals surface area contributed by atoms with Gasteiger partial charge in [0.05, 0.1) is 9.60 Å². The summed E-state index contributed by atoms with van der Waals surface area (Å²) in [5.41, 5.74) is 6.38. The summed E-state index contributed by atoms with van der Waals surface area (Å²) < 4.78 is 66.5. The van der Waals surface area contributed by atoms with Crippen LogP contribution in [0.1, 0.15) is 9.60 Å². The zero-order chi connectivity index (χ0) is 31.1. The predicted molar refractivity (Wildman–Crippen MR) is 159 cm³/mol. The number of furan rings is 1. The summed E-state index contributed by atoms with van der Waals surface area (Å²) >= 11 is 1.13. The summed E-state index contributed by atoms with van der Waals surface area (Å²) in [5, 5.41) is 1.40. The number of aromatic nitrogens is 2. The van der Waals surface area contributed by atoms with E-state index in [2.05, 4.69) is 9.97 Å². The molecule has 3 nitrogen and oxygen atoms in total. The van der Waals surface area contributed by atoms with Crippen molar-refractivity contribution in [3.8, 4) is 33.5 Å². The van der Waals surface area contributed by atoms with E-state index in [1.807, 2.05) is 72.8 Å². The Morgan fingerprint density at radius 1 is 0.658 bits per heavy atom. The number of thiophene rings is 1. The molecule has 0 aliphatic carbocycles. The van der Waals surface area contributed by atoms with Crippen LogP contribution in [0.25, 0.3) is 75.8 Å². The maximum absolute atomic E-state index is 8.87. The molecule has 0 N–H and O–H groups in total. The first-order chi connectivity index (χ1) is 21.7. The van der Waals surface area contributed by atoms with Crippen LogP contribution in [-0.2, 0) is 0 Å². The lowest BCUT2D eigenvalue weighted by molar-refractivity contribution is 0.667. The lowest BCUT2D eigenvalue weighted by atomic mass is 9.96. The second-order valence-corrected chi connectivity index (χ2v) is 9.94. The number of nitrogens with zero attached hydrogens (tertiary/aromatic N) is 2. The highest BCUT2D eigenvalue weighted by atomic mass is 32.1. The number of benzene rings is 5. The van der Waals surface area contributed by atoms with Crippen LogP contribution in [-0.4, -0.2) is 9.97 Å². The number of para-hydroxylation sites is 1. The number of hydrogen-bond acceptors (Lipinski definition) is 4. The van der Waals surface area contributed by atoms with Gasteiger partial charge in [0, 0.05) is 31.1 Å². The molecule has 0 fully saturated rings. The minimum atomic E-state index is -0.389. The Morgan fingerprint density at radius 3 is 2.34 bits per heavy atom. The molecule has 0 radical (unpaired) electrons. The molecule has 0 unspecified atom stereocenters. The Morgan fingerprint density at radius 2 is 1.42 bits per heavy atom. The summed E-state index contributed by atoms with van der Waals surface area (Å²) in [6.45, 7) is 0. The van der Waals surface area contributed by atoms with E-state index in [1.54, 1.807) is 0 Å². The largest absolute Gasteiger partial charge is 0.452 e. The van der Waals surface area contributed by atoms with Crippen LogP contribution in [0.4, 0.5) is 0 Å². The molecule has 8 rings (SSSR count). The van der Waals surface area contributed by atoms with E-state index in [-0.39, 0.29) is 53.1 Å². The van der Waals surface area contributed by atoms with Gasteiger partial charge in [0.1, 0.15) is 23.1 Å². The second kappa shape index (κ2) is 8.37. The van der Waals surface area contributed by atoms with Gasteiger partial charge in [0.25, 0.3) is 0 Å². The Hall–Kier alpha value is -4.80. The monoisotopic (exact) mass is 511 g/mol. The SMILES string of the molecule is [2H]c1c([2H])c([2H])c2c(sc3c(-c4cccc(-c5cccc(-c6ncnc7c6oc6ccccc67)c5)c4)c([2H])c([2H])c([2H])c32)c1[2H]. The highest BCUT2D eigenvalue weighted by Crippen LogP contribution is 2.41. The Balaban J connectivity index is 1.32. The summed E-state index contributed by atoms with van der Waals surface area (Å²) in [6, 6.07) is 21.4. The van der Waals surface area contributed by atoms with Crippen molar-refractivity contribution < 1.29 is 14.0 Å². The van der Waals surface area contributed by atoms with E-state index >= 15 is 0 Å². The minimum Gasteiger partial charge on any atom is -0.452 e. The standard InChI is InChI=1S/C34H20N2OS/c1-3-16-29-28(13-1)32-33(37-29)31(35-20-36-32)24-11-6-9-22(19-24)21-8-5-10-23(18-21)25-14-7-15-27-26-12-2-4-17-30(26)38-34(25)27/h1-20H/i2D,4D,7D,12D,14D,15D,17D.